The first kappa shape index (κ1) is 23.7. The van der Waals surface area contributed by atoms with Gasteiger partial charge in [-0.15, -0.1) is 0 Å². The van der Waals surface area contributed by atoms with Gasteiger partial charge in [0.15, 0.2) is 0 Å². The van der Waals surface area contributed by atoms with E-state index >= 15 is 0 Å². The molecule has 34 heavy (non-hydrogen) atoms. The minimum Gasteiger partial charge on any atom is -0.351 e. The molecule has 2 amide bonds. The van der Waals surface area contributed by atoms with Crippen molar-refractivity contribution in [2.75, 3.05) is 11.4 Å². The molecule has 1 aliphatic heterocycles. The van der Waals surface area contributed by atoms with Gasteiger partial charge in [0.2, 0.25) is 21.8 Å². The number of benzene rings is 3. The van der Waals surface area contributed by atoms with Crippen molar-refractivity contribution in [3.05, 3.63) is 95.6 Å². The van der Waals surface area contributed by atoms with Crippen LogP contribution >= 0.6 is 0 Å². The van der Waals surface area contributed by atoms with Gasteiger partial charge in [-0.2, -0.15) is 4.72 Å². The third kappa shape index (κ3) is 5.52. The van der Waals surface area contributed by atoms with Crippen LogP contribution in [0.3, 0.4) is 0 Å². The molecule has 0 aliphatic carbocycles. The molecule has 0 saturated heterocycles. The number of hydrogen-bond acceptors (Lipinski definition) is 4. The average molecular weight is 478 g/mol. The minimum absolute atomic E-state index is 0.0746. The predicted octanol–water partition coefficient (Wildman–Crippen LogP) is 2.80. The fourth-order valence-electron chi connectivity index (χ4n) is 4.07. The maximum atomic E-state index is 13.3. The van der Waals surface area contributed by atoms with Gasteiger partial charge >= 0.3 is 0 Å². The zero-order valence-electron chi connectivity index (χ0n) is 18.9. The Kier molecular flexibility index (Phi) is 7.09. The number of nitrogens with one attached hydrogen (secondary N) is 2. The number of rotatable bonds is 8. The number of hydrogen-bond donors (Lipinski definition) is 2. The van der Waals surface area contributed by atoms with Crippen molar-refractivity contribution in [3.63, 3.8) is 0 Å². The molecule has 4 rings (SSSR count). The Morgan fingerprint density at radius 1 is 0.941 bits per heavy atom. The molecule has 1 heterocycles. The lowest BCUT2D eigenvalue weighted by Crippen LogP contribution is -2.47. The Hall–Kier alpha value is -3.49. The normalized spacial score (nSPS) is 13.9. The Labute approximate surface area is 199 Å². The van der Waals surface area contributed by atoms with Crippen LogP contribution < -0.4 is 14.9 Å². The second kappa shape index (κ2) is 10.2. The maximum absolute atomic E-state index is 13.3. The van der Waals surface area contributed by atoms with E-state index in [4.69, 9.17) is 0 Å². The molecule has 1 aliphatic rings. The van der Waals surface area contributed by atoms with Gasteiger partial charge in [-0.25, -0.2) is 8.42 Å². The highest BCUT2D eigenvalue weighted by Crippen LogP contribution is 2.30. The molecule has 176 valence electrons. The van der Waals surface area contributed by atoms with Crippen LogP contribution in [0.2, 0.25) is 0 Å². The lowest BCUT2D eigenvalue weighted by atomic mass is 10.1. The van der Waals surface area contributed by atoms with Gasteiger partial charge in [-0.05, 0) is 47.7 Å². The van der Waals surface area contributed by atoms with Crippen LogP contribution in [0, 0.1) is 0 Å². The van der Waals surface area contributed by atoms with Crippen LogP contribution in [-0.2, 0) is 39.0 Å². The smallest absolute Gasteiger partial charge is 0.241 e. The van der Waals surface area contributed by atoms with E-state index in [9.17, 15) is 18.0 Å². The van der Waals surface area contributed by atoms with Gasteiger partial charge < -0.3 is 10.2 Å². The summed E-state index contributed by atoms with van der Waals surface area (Å²) < 4.78 is 29.1. The maximum Gasteiger partial charge on any atom is 0.241 e. The van der Waals surface area contributed by atoms with Crippen molar-refractivity contribution in [1.82, 2.24) is 10.0 Å². The molecule has 0 saturated carbocycles. The zero-order chi connectivity index (χ0) is 24.1. The first-order valence-electron chi connectivity index (χ1n) is 11.1. The Bertz CT molecular complexity index is 1280. The van der Waals surface area contributed by atoms with E-state index in [1.165, 1.54) is 13.0 Å². The largest absolute Gasteiger partial charge is 0.351 e. The van der Waals surface area contributed by atoms with Crippen molar-refractivity contribution in [2.24, 2.45) is 0 Å². The van der Waals surface area contributed by atoms with Crippen molar-refractivity contribution in [1.29, 1.82) is 0 Å². The van der Waals surface area contributed by atoms with E-state index in [0.717, 1.165) is 22.4 Å². The SMILES string of the molecule is CC(=O)N1CCc2cc(S(=O)(=O)N[C@@H](Cc3ccccc3)C(=O)NCc3ccccc3)ccc21. The first-order chi connectivity index (χ1) is 16.3. The summed E-state index contributed by atoms with van der Waals surface area (Å²) in [5, 5.41) is 2.84. The molecule has 3 aromatic rings. The lowest BCUT2D eigenvalue weighted by molar-refractivity contribution is -0.123. The summed E-state index contributed by atoms with van der Waals surface area (Å²) in [7, 11) is -3.98. The van der Waals surface area contributed by atoms with E-state index in [0.29, 0.717) is 19.5 Å². The molecule has 0 bridgehead atoms. The average Bonchev–Trinajstić information content (AvgIpc) is 3.27. The van der Waals surface area contributed by atoms with Gasteiger partial charge in [-0.1, -0.05) is 60.7 Å². The number of amides is 2. The standard InChI is InChI=1S/C26H27N3O4S/c1-19(30)29-15-14-22-17-23(12-13-25(22)29)34(32,33)28-24(16-20-8-4-2-5-9-20)26(31)27-18-21-10-6-3-7-11-21/h2-13,17,24,28H,14-16,18H2,1H3,(H,27,31)/t24-/m0/s1. The summed E-state index contributed by atoms with van der Waals surface area (Å²) in [6.07, 6.45) is 0.799. The van der Waals surface area contributed by atoms with Gasteiger partial charge in [-0.3, -0.25) is 9.59 Å². The van der Waals surface area contributed by atoms with Crippen LogP contribution in [0.15, 0.2) is 83.8 Å². The quantitative estimate of drug-likeness (QED) is 0.522. The fraction of sp³-hybridized carbons (Fsp3) is 0.231. The Morgan fingerprint density at radius 2 is 1.59 bits per heavy atom. The summed E-state index contributed by atoms with van der Waals surface area (Å²) in [6.45, 7) is 2.32. The van der Waals surface area contributed by atoms with Crippen molar-refractivity contribution in [2.45, 2.75) is 37.2 Å². The zero-order valence-corrected chi connectivity index (χ0v) is 19.7. The van der Waals surface area contributed by atoms with Crippen LogP contribution in [0.1, 0.15) is 23.6 Å². The molecular weight excluding hydrogens is 450 g/mol. The van der Waals surface area contributed by atoms with E-state index in [1.54, 1.807) is 17.0 Å². The summed E-state index contributed by atoms with van der Waals surface area (Å²) >= 11 is 0. The molecule has 0 fully saturated rings. The number of anilines is 1. The second-order valence-corrected chi connectivity index (χ2v) is 9.99. The van der Waals surface area contributed by atoms with Crippen molar-refractivity contribution >= 4 is 27.5 Å². The highest BCUT2D eigenvalue weighted by molar-refractivity contribution is 7.89. The molecule has 3 aromatic carbocycles. The van der Waals surface area contributed by atoms with E-state index in [2.05, 4.69) is 10.0 Å². The Balaban J connectivity index is 1.55. The Morgan fingerprint density at radius 3 is 2.24 bits per heavy atom. The minimum atomic E-state index is -3.98. The number of carbonyl (C=O) groups is 2. The second-order valence-electron chi connectivity index (χ2n) is 8.28. The molecule has 7 nitrogen and oxygen atoms in total. The highest BCUT2D eigenvalue weighted by Gasteiger charge is 2.28. The summed E-state index contributed by atoms with van der Waals surface area (Å²) in [6, 6.07) is 22.5. The molecule has 0 aromatic heterocycles. The topological polar surface area (TPSA) is 95.6 Å². The van der Waals surface area contributed by atoms with Crippen LogP contribution in [0.4, 0.5) is 5.69 Å². The van der Waals surface area contributed by atoms with E-state index < -0.39 is 22.0 Å². The van der Waals surface area contributed by atoms with Gasteiger partial charge in [0.25, 0.3) is 0 Å². The predicted molar refractivity (Wildman–Crippen MR) is 131 cm³/mol. The van der Waals surface area contributed by atoms with Crippen LogP contribution in [-0.4, -0.2) is 32.8 Å². The number of carbonyl (C=O) groups excluding carboxylic acids is 2. The molecule has 0 radical (unpaired) electrons. The molecule has 0 spiro atoms. The number of nitrogens with zero attached hydrogens (tertiary/aromatic N) is 1. The van der Waals surface area contributed by atoms with Gasteiger partial charge in [0, 0.05) is 25.7 Å². The summed E-state index contributed by atoms with van der Waals surface area (Å²) in [4.78, 5) is 26.6. The highest BCUT2D eigenvalue weighted by atomic mass is 32.2. The molecule has 0 unspecified atom stereocenters. The number of sulfonamides is 1. The third-order valence-corrected chi connectivity index (χ3v) is 7.31. The lowest BCUT2D eigenvalue weighted by Gasteiger charge is -2.19. The third-order valence-electron chi connectivity index (χ3n) is 5.84. The summed E-state index contributed by atoms with van der Waals surface area (Å²) in [5.74, 6) is -0.481. The molecular formula is C26H27N3O4S. The van der Waals surface area contributed by atoms with Crippen molar-refractivity contribution < 1.29 is 18.0 Å². The van der Waals surface area contributed by atoms with Crippen molar-refractivity contribution in [3.8, 4) is 0 Å². The molecule has 8 heteroatoms. The van der Waals surface area contributed by atoms with Crippen LogP contribution in [0.5, 0.6) is 0 Å². The number of fused-ring (bicyclic) bond motifs is 1. The first-order valence-corrected chi connectivity index (χ1v) is 12.6. The van der Waals surface area contributed by atoms with E-state index in [-0.39, 0.29) is 17.2 Å². The molecule has 1 atom stereocenters. The fourth-order valence-corrected chi connectivity index (χ4v) is 5.32. The van der Waals surface area contributed by atoms with Gasteiger partial charge in [0.05, 0.1) is 4.90 Å². The van der Waals surface area contributed by atoms with Gasteiger partial charge in [0.1, 0.15) is 6.04 Å². The monoisotopic (exact) mass is 477 g/mol. The summed E-state index contributed by atoms with van der Waals surface area (Å²) in [5.41, 5.74) is 3.29. The van der Waals surface area contributed by atoms with Crippen LogP contribution in [0.25, 0.3) is 0 Å². The molecule has 2 N–H and O–H groups in total. The van der Waals surface area contributed by atoms with E-state index in [1.807, 2.05) is 60.7 Å².